The van der Waals surface area contributed by atoms with Crippen LogP contribution >= 0.6 is 0 Å². The Bertz CT molecular complexity index is 864. The van der Waals surface area contributed by atoms with Gasteiger partial charge in [0.25, 0.3) is 0 Å². The quantitative estimate of drug-likeness (QED) is 0.379. The van der Waals surface area contributed by atoms with Crippen LogP contribution in [0.3, 0.4) is 0 Å². The van der Waals surface area contributed by atoms with Crippen molar-refractivity contribution >= 4 is 17.6 Å². The van der Waals surface area contributed by atoms with Crippen LogP contribution in [-0.2, 0) is 20.7 Å². The number of anilines is 1. The van der Waals surface area contributed by atoms with Gasteiger partial charge in [-0.2, -0.15) is 0 Å². The van der Waals surface area contributed by atoms with Gasteiger partial charge in [0.15, 0.2) is 0 Å². The number of esters is 2. The van der Waals surface area contributed by atoms with Gasteiger partial charge in [-0.25, -0.2) is 9.59 Å². The lowest BCUT2D eigenvalue weighted by Gasteiger charge is -2.30. The number of nitrogens with one attached hydrogen (secondary N) is 1. The third-order valence-electron chi connectivity index (χ3n) is 4.62. The fourth-order valence-corrected chi connectivity index (χ4v) is 3.03. The Morgan fingerprint density at radius 1 is 1.14 bits per heavy atom. The Morgan fingerprint density at radius 3 is 2.52 bits per heavy atom. The molecule has 0 aliphatic heterocycles. The number of benzene rings is 2. The molecule has 156 valence electrons. The van der Waals surface area contributed by atoms with Crippen molar-refractivity contribution in [2.24, 2.45) is 0 Å². The molecule has 0 spiro atoms. The molecular weight excluding hydrogens is 370 g/mol. The van der Waals surface area contributed by atoms with Crippen LogP contribution in [0.5, 0.6) is 0 Å². The number of carbonyl (C=O) groups is 2. The SMILES string of the molecule is CCCCOC(=O)C(O)(Cc1cccc(C)c1)Nc1c(C)cccc1C(=O)OC. The Hall–Kier alpha value is -2.86. The number of para-hydroxylation sites is 1. The van der Waals surface area contributed by atoms with Crippen LogP contribution in [0.25, 0.3) is 0 Å². The summed E-state index contributed by atoms with van der Waals surface area (Å²) in [6.45, 7) is 5.92. The number of hydrogen-bond donors (Lipinski definition) is 2. The second-order valence-corrected chi connectivity index (χ2v) is 7.13. The zero-order chi connectivity index (χ0) is 21.4. The van der Waals surface area contributed by atoms with E-state index in [0.29, 0.717) is 17.7 Å². The van der Waals surface area contributed by atoms with Crippen molar-refractivity contribution in [2.75, 3.05) is 19.0 Å². The number of hydrogen-bond acceptors (Lipinski definition) is 6. The fraction of sp³-hybridized carbons (Fsp3) is 0.391. The van der Waals surface area contributed by atoms with E-state index >= 15 is 0 Å². The maximum absolute atomic E-state index is 12.8. The van der Waals surface area contributed by atoms with Crippen molar-refractivity contribution in [3.63, 3.8) is 0 Å². The van der Waals surface area contributed by atoms with Gasteiger partial charge in [-0.05, 0) is 37.5 Å². The minimum absolute atomic E-state index is 0.0193. The average molecular weight is 399 g/mol. The predicted molar refractivity (Wildman–Crippen MR) is 112 cm³/mol. The fourth-order valence-electron chi connectivity index (χ4n) is 3.03. The summed E-state index contributed by atoms with van der Waals surface area (Å²) in [5, 5.41) is 14.2. The second kappa shape index (κ2) is 10.1. The summed E-state index contributed by atoms with van der Waals surface area (Å²) in [5.41, 5.74) is 0.988. The summed E-state index contributed by atoms with van der Waals surface area (Å²) in [6, 6.07) is 12.6. The Kier molecular flexibility index (Phi) is 7.79. The molecule has 2 aromatic carbocycles. The van der Waals surface area contributed by atoms with Gasteiger partial charge in [-0.3, -0.25) is 0 Å². The Morgan fingerprint density at radius 2 is 1.86 bits per heavy atom. The molecule has 0 radical (unpaired) electrons. The van der Waals surface area contributed by atoms with Gasteiger partial charge in [0.2, 0.25) is 5.72 Å². The Labute approximate surface area is 171 Å². The van der Waals surface area contributed by atoms with Gasteiger partial charge in [-0.1, -0.05) is 55.3 Å². The first-order valence-corrected chi connectivity index (χ1v) is 9.72. The first-order valence-electron chi connectivity index (χ1n) is 9.72. The van der Waals surface area contributed by atoms with Crippen molar-refractivity contribution in [2.45, 2.75) is 45.8 Å². The van der Waals surface area contributed by atoms with Gasteiger partial charge >= 0.3 is 11.9 Å². The maximum atomic E-state index is 12.8. The summed E-state index contributed by atoms with van der Waals surface area (Å²) in [4.78, 5) is 25.0. The largest absolute Gasteiger partial charge is 0.465 e. The number of unbranched alkanes of at least 4 members (excludes halogenated alkanes) is 1. The molecule has 0 fully saturated rings. The molecule has 0 saturated heterocycles. The van der Waals surface area contributed by atoms with Crippen LogP contribution in [0, 0.1) is 13.8 Å². The zero-order valence-electron chi connectivity index (χ0n) is 17.5. The van der Waals surface area contributed by atoms with E-state index in [1.54, 1.807) is 25.1 Å². The van der Waals surface area contributed by atoms with Crippen molar-refractivity contribution in [1.82, 2.24) is 0 Å². The zero-order valence-corrected chi connectivity index (χ0v) is 17.5. The average Bonchev–Trinajstić information content (AvgIpc) is 2.69. The van der Waals surface area contributed by atoms with E-state index in [1.165, 1.54) is 7.11 Å². The van der Waals surface area contributed by atoms with E-state index in [9.17, 15) is 14.7 Å². The molecule has 0 aliphatic rings. The smallest absolute Gasteiger partial charge is 0.359 e. The van der Waals surface area contributed by atoms with Gasteiger partial charge < -0.3 is 19.9 Å². The standard InChI is InChI=1S/C23H29NO5/c1-5-6-13-29-22(26)23(27,15-18-11-7-9-16(2)14-18)24-20-17(3)10-8-12-19(20)21(25)28-4/h7-12,14,24,27H,5-6,13,15H2,1-4H3. The highest BCUT2D eigenvalue weighted by Crippen LogP contribution is 2.27. The van der Waals surface area contributed by atoms with Crippen LogP contribution in [0.4, 0.5) is 5.69 Å². The van der Waals surface area contributed by atoms with E-state index in [1.807, 2.05) is 38.1 Å². The molecule has 0 aromatic heterocycles. The van der Waals surface area contributed by atoms with Crippen molar-refractivity contribution in [3.05, 3.63) is 64.7 Å². The van der Waals surface area contributed by atoms with Crippen molar-refractivity contribution in [3.8, 4) is 0 Å². The van der Waals surface area contributed by atoms with Crippen LogP contribution < -0.4 is 5.32 Å². The maximum Gasteiger partial charge on any atom is 0.359 e. The molecule has 6 heteroatoms. The lowest BCUT2D eigenvalue weighted by atomic mass is 9.99. The molecule has 2 aromatic rings. The Balaban J connectivity index is 2.42. The second-order valence-electron chi connectivity index (χ2n) is 7.13. The van der Waals surface area contributed by atoms with E-state index in [2.05, 4.69) is 5.32 Å². The van der Waals surface area contributed by atoms with Gasteiger partial charge in [0.05, 0.1) is 25.0 Å². The minimum atomic E-state index is -2.05. The van der Waals surface area contributed by atoms with E-state index in [0.717, 1.165) is 17.5 Å². The van der Waals surface area contributed by atoms with Gasteiger partial charge in [0, 0.05) is 6.42 Å². The summed E-state index contributed by atoms with van der Waals surface area (Å²) >= 11 is 0. The molecule has 2 rings (SSSR count). The number of carbonyl (C=O) groups excluding carboxylic acids is 2. The van der Waals surface area contributed by atoms with Crippen LogP contribution in [0.1, 0.15) is 46.8 Å². The number of aryl methyl sites for hydroxylation is 2. The topological polar surface area (TPSA) is 84.9 Å². The molecule has 0 saturated carbocycles. The highest BCUT2D eigenvalue weighted by molar-refractivity contribution is 5.97. The third kappa shape index (κ3) is 5.81. The van der Waals surface area contributed by atoms with Crippen LogP contribution in [0.2, 0.25) is 0 Å². The highest BCUT2D eigenvalue weighted by Gasteiger charge is 2.39. The van der Waals surface area contributed by atoms with Crippen molar-refractivity contribution in [1.29, 1.82) is 0 Å². The predicted octanol–water partition coefficient (Wildman–Crippen LogP) is 3.78. The van der Waals surface area contributed by atoms with Crippen LogP contribution in [-0.4, -0.2) is 36.5 Å². The molecule has 0 aliphatic carbocycles. The number of aliphatic hydroxyl groups is 1. The van der Waals surface area contributed by atoms with Gasteiger partial charge in [-0.15, -0.1) is 0 Å². The number of ether oxygens (including phenoxy) is 2. The summed E-state index contributed by atoms with van der Waals surface area (Å²) in [6.07, 6.45) is 1.54. The monoisotopic (exact) mass is 399 g/mol. The third-order valence-corrected chi connectivity index (χ3v) is 4.62. The lowest BCUT2D eigenvalue weighted by molar-refractivity contribution is -0.162. The minimum Gasteiger partial charge on any atom is -0.465 e. The van der Waals surface area contributed by atoms with E-state index in [-0.39, 0.29) is 18.6 Å². The summed E-state index contributed by atoms with van der Waals surface area (Å²) < 4.78 is 10.2. The molecule has 29 heavy (non-hydrogen) atoms. The lowest BCUT2D eigenvalue weighted by Crippen LogP contribution is -2.50. The normalized spacial score (nSPS) is 12.7. The molecule has 0 bridgehead atoms. The molecular formula is C23H29NO5. The van der Waals surface area contributed by atoms with Gasteiger partial charge in [0.1, 0.15) is 0 Å². The molecule has 0 amide bonds. The first kappa shape index (κ1) is 22.4. The number of methoxy groups -OCH3 is 1. The molecule has 6 nitrogen and oxygen atoms in total. The van der Waals surface area contributed by atoms with E-state index in [4.69, 9.17) is 9.47 Å². The molecule has 0 heterocycles. The van der Waals surface area contributed by atoms with Crippen LogP contribution in [0.15, 0.2) is 42.5 Å². The number of rotatable bonds is 9. The summed E-state index contributed by atoms with van der Waals surface area (Å²) in [5.74, 6) is -1.35. The molecule has 1 atom stereocenters. The molecule has 1 unspecified atom stereocenters. The van der Waals surface area contributed by atoms with Crippen molar-refractivity contribution < 1.29 is 24.2 Å². The molecule has 2 N–H and O–H groups in total. The highest BCUT2D eigenvalue weighted by atomic mass is 16.6. The summed E-state index contributed by atoms with van der Waals surface area (Å²) in [7, 11) is 1.28. The van der Waals surface area contributed by atoms with E-state index < -0.39 is 17.7 Å². The first-order chi connectivity index (χ1) is 13.8.